The van der Waals surface area contributed by atoms with Crippen molar-refractivity contribution in [2.75, 3.05) is 5.32 Å². The number of hydrogen-bond donors (Lipinski definition) is 2. The topological polar surface area (TPSA) is 57.8 Å². The molecule has 0 saturated carbocycles. The zero-order valence-electron chi connectivity index (χ0n) is 13.6. The maximum atomic E-state index is 13.7. The molecule has 0 saturated heterocycles. The van der Waals surface area contributed by atoms with E-state index in [2.05, 4.69) is 15.3 Å². The maximum Gasteiger partial charge on any atom is 0.258 e. The van der Waals surface area contributed by atoms with Crippen LogP contribution in [0.3, 0.4) is 0 Å². The highest BCUT2D eigenvalue weighted by Crippen LogP contribution is 2.28. The Kier molecular flexibility index (Phi) is 4.41. The average Bonchev–Trinajstić information content (AvgIpc) is 3.06. The first-order chi connectivity index (χ1) is 12.7. The summed E-state index contributed by atoms with van der Waals surface area (Å²) >= 11 is 1.50. The van der Waals surface area contributed by atoms with Crippen molar-refractivity contribution in [2.24, 2.45) is 0 Å². The second-order valence-electron chi connectivity index (χ2n) is 5.62. The predicted molar refractivity (Wildman–Crippen MR) is 101 cm³/mol. The summed E-state index contributed by atoms with van der Waals surface area (Å²) in [5.41, 5.74) is 2.54. The quantitative estimate of drug-likeness (QED) is 0.530. The van der Waals surface area contributed by atoms with Gasteiger partial charge in [-0.15, -0.1) is 0 Å². The van der Waals surface area contributed by atoms with Crippen LogP contribution >= 0.6 is 11.8 Å². The molecule has 2 N–H and O–H groups in total. The van der Waals surface area contributed by atoms with Crippen LogP contribution in [0.25, 0.3) is 11.0 Å². The highest BCUT2D eigenvalue weighted by molar-refractivity contribution is 7.99. The maximum absolute atomic E-state index is 13.7. The number of carbonyl (C=O) groups is 1. The third-order valence-electron chi connectivity index (χ3n) is 3.81. The van der Waals surface area contributed by atoms with E-state index in [0.29, 0.717) is 5.69 Å². The van der Waals surface area contributed by atoms with Crippen LogP contribution in [0.2, 0.25) is 0 Å². The molecule has 4 aromatic rings. The lowest BCUT2D eigenvalue weighted by molar-refractivity contribution is 0.102. The number of nitrogens with one attached hydrogen (secondary N) is 2. The van der Waals surface area contributed by atoms with E-state index >= 15 is 0 Å². The van der Waals surface area contributed by atoms with Crippen LogP contribution in [0, 0.1) is 5.82 Å². The van der Waals surface area contributed by atoms with Gasteiger partial charge in [0.25, 0.3) is 5.91 Å². The van der Waals surface area contributed by atoms with Crippen molar-refractivity contribution in [1.82, 2.24) is 9.97 Å². The molecule has 0 aliphatic heterocycles. The molecule has 3 aromatic carbocycles. The number of carbonyl (C=O) groups excluding carboxylic acids is 1. The predicted octanol–water partition coefficient (Wildman–Crippen LogP) is 5.11. The van der Waals surface area contributed by atoms with Gasteiger partial charge in [0.15, 0.2) is 5.16 Å². The van der Waals surface area contributed by atoms with Crippen molar-refractivity contribution in [2.45, 2.75) is 10.1 Å². The van der Waals surface area contributed by atoms with Crippen LogP contribution < -0.4 is 5.32 Å². The number of para-hydroxylation sites is 2. The van der Waals surface area contributed by atoms with Crippen molar-refractivity contribution >= 4 is 34.4 Å². The first-order valence-electron chi connectivity index (χ1n) is 7.97. The van der Waals surface area contributed by atoms with E-state index in [0.717, 1.165) is 21.1 Å². The van der Waals surface area contributed by atoms with Gasteiger partial charge >= 0.3 is 0 Å². The summed E-state index contributed by atoms with van der Waals surface area (Å²) in [4.78, 5) is 20.9. The van der Waals surface area contributed by atoms with E-state index in [4.69, 9.17) is 0 Å². The molecule has 26 heavy (non-hydrogen) atoms. The Morgan fingerprint density at radius 3 is 2.46 bits per heavy atom. The molecule has 0 atom stereocenters. The summed E-state index contributed by atoms with van der Waals surface area (Å²) in [6.07, 6.45) is 0. The summed E-state index contributed by atoms with van der Waals surface area (Å²) in [7, 11) is 0. The second-order valence-corrected chi connectivity index (χ2v) is 6.68. The van der Waals surface area contributed by atoms with Gasteiger partial charge in [0, 0.05) is 10.6 Å². The number of imidazole rings is 1. The molecule has 1 aromatic heterocycles. The van der Waals surface area contributed by atoms with E-state index in [-0.39, 0.29) is 5.56 Å². The normalized spacial score (nSPS) is 10.8. The number of H-pyrrole nitrogens is 1. The minimum atomic E-state index is -0.540. The molecule has 1 heterocycles. The fourth-order valence-corrected chi connectivity index (χ4v) is 3.34. The van der Waals surface area contributed by atoms with Crippen molar-refractivity contribution in [1.29, 1.82) is 0 Å². The largest absolute Gasteiger partial charge is 0.333 e. The SMILES string of the molecule is O=C(Nc1ccc(Sc2nc3ccccc3[nH]2)cc1)c1ccccc1F. The molecule has 0 aliphatic rings. The van der Waals surface area contributed by atoms with Gasteiger partial charge in [0.1, 0.15) is 5.82 Å². The summed E-state index contributed by atoms with van der Waals surface area (Å²) in [6.45, 7) is 0. The Hall–Kier alpha value is -3.12. The highest BCUT2D eigenvalue weighted by atomic mass is 32.2. The Morgan fingerprint density at radius 1 is 0.962 bits per heavy atom. The Bertz CT molecular complexity index is 1040. The number of aromatic amines is 1. The summed E-state index contributed by atoms with van der Waals surface area (Å²) in [6, 6.07) is 21.1. The lowest BCUT2D eigenvalue weighted by atomic mass is 10.2. The molecule has 0 radical (unpaired) electrons. The van der Waals surface area contributed by atoms with Crippen LogP contribution in [0.1, 0.15) is 10.4 Å². The number of nitrogens with zero attached hydrogens (tertiary/aromatic N) is 1. The number of amides is 1. The molecule has 4 rings (SSSR count). The minimum Gasteiger partial charge on any atom is -0.333 e. The second kappa shape index (κ2) is 7.01. The Balaban J connectivity index is 1.46. The smallest absolute Gasteiger partial charge is 0.258 e. The number of aromatic nitrogens is 2. The molecule has 0 spiro atoms. The number of hydrogen-bond acceptors (Lipinski definition) is 3. The standard InChI is InChI=1S/C20H14FN3OS/c21-16-6-2-1-5-15(16)19(25)22-13-9-11-14(12-10-13)26-20-23-17-7-3-4-8-18(17)24-20/h1-12H,(H,22,25)(H,23,24). The average molecular weight is 363 g/mol. The molecule has 6 heteroatoms. The fraction of sp³-hybridized carbons (Fsp3) is 0. The number of fused-ring (bicyclic) bond motifs is 1. The molecule has 128 valence electrons. The van der Waals surface area contributed by atoms with Gasteiger partial charge in [-0.3, -0.25) is 4.79 Å². The lowest BCUT2D eigenvalue weighted by Crippen LogP contribution is -2.13. The van der Waals surface area contributed by atoms with E-state index in [1.165, 1.54) is 23.9 Å². The summed E-state index contributed by atoms with van der Waals surface area (Å²) in [5, 5.41) is 3.50. The fourth-order valence-electron chi connectivity index (χ4n) is 2.54. The number of halogens is 1. The molecule has 4 nitrogen and oxygen atoms in total. The van der Waals surface area contributed by atoms with Crippen LogP contribution in [-0.2, 0) is 0 Å². The van der Waals surface area contributed by atoms with Gasteiger partial charge in [0.2, 0.25) is 0 Å². The van der Waals surface area contributed by atoms with Crippen LogP contribution in [-0.4, -0.2) is 15.9 Å². The van der Waals surface area contributed by atoms with Crippen molar-refractivity contribution in [3.8, 4) is 0 Å². The zero-order valence-corrected chi connectivity index (χ0v) is 14.4. The Morgan fingerprint density at radius 2 is 1.69 bits per heavy atom. The van der Waals surface area contributed by atoms with Crippen molar-refractivity contribution in [3.05, 3.63) is 84.2 Å². The molecular weight excluding hydrogens is 349 g/mol. The van der Waals surface area contributed by atoms with Gasteiger partial charge in [-0.1, -0.05) is 36.0 Å². The highest BCUT2D eigenvalue weighted by Gasteiger charge is 2.11. The van der Waals surface area contributed by atoms with Gasteiger partial charge in [-0.05, 0) is 48.5 Å². The number of rotatable bonds is 4. The van der Waals surface area contributed by atoms with Gasteiger partial charge in [-0.25, -0.2) is 9.37 Å². The van der Waals surface area contributed by atoms with Crippen LogP contribution in [0.4, 0.5) is 10.1 Å². The van der Waals surface area contributed by atoms with Crippen LogP contribution in [0.5, 0.6) is 0 Å². The van der Waals surface area contributed by atoms with Crippen molar-refractivity contribution in [3.63, 3.8) is 0 Å². The minimum absolute atomic E-state index is 0.0215. The lowest BCUT2D eigenvalue weighted by Gasteiger charge is -2.06. The molecule has 0 aliphatic carbocycles. The first kappa shape index (κ1) is 16.4. The van der Waals surface area contributed by atoms with Gasteiger partial charge < -0.3 is 10.3 Å². The van der Waals surface area contributed by atoms with E-state index < -0.39 is 11.7 Å². The van der Waals surface area contributed by atoms with E-state index in [1.54, 1.807) is 24.3 Å². The Labute approximate surface area is 153 Å². The number of benzene rings is 3. The van der Waals surface area contributed by atoms with Crippen LogP contribution in [0.15, 0.2) is 82.8 Å². The molecular formula is C20H14FN3OS. The van der Waals surface area contributed by atoms with E-state index in [1.807, 2.05) is 36.4 Å². The summed E-state index contributed by atoms with van der Waals surface area (Å²) < 4.78 is 13.7. The molecule has 0 bridgehead atoms. The zero-order chi connectivity index (χ0) is 17.9. The number of anilines is 1. The van der Waals surface area contributed by atoms with Gasteiger partial charge in [0.05, 0.1) is 16.6 Å². The first-order valence-corrected chi connectivity index (χ1v) is 8.79. The third-order valence-corrected chi connectivity index (χ3v) is 4.71. The molecule has 0 fully saturated rings. The van der Waals surface area contributed by atoms with Crippen molar-refractivity contribution < 1.29 is 9.18 Å². The molecule has 1 amide bonds. The molecule has 0 unspecified atom stereocenters. The van der Waals surface area contributed by atoms with Gasteiger partial charge in [-0.2, -0.15) is 0 Å². The van der Waals surface area contributed by atoms with E-state index in [9.17, 15) is 9.18 Å². The summed E-state index contributed by atoms with van der Waals surface area (Å²) in [5.74, 6) is -1.01. The third kappa shape index (κ3) is 3.45. The monoisotopic (exact) mass is 363 g/mol.